The Morgan fingerprint density at radius 2 is 1.88 bits per heavy atom. The van der Waals surface area contributed by atoms with E-state index in [-0.39, 0.29) is 18.0 Å². The van der Waals surface area contributed by atoms with Gasteiger partial charge in [-0.1, -0.05) is 25.1 Å². The standard InChI is InChI=1S/C19H23NO3S/c1-6-14-13(5)24-18(16(14)19(22)23-11(2)3)20-17(21)15-10-8-7-9-12(15)4/h7-11H,6H2,1-5H3,(H,20,21). The molecular formula is C19H23NO3S. The number of ether oxygens (including phenoxy) is 1. The fraction of sp³-hybridized carbons (Fsp3) is 0.368. The van der Waals surface area contributed by atoms with E-state index in [2.05, 4.69) is 5.32 Å². The van der Waals surface area contributed by atoms with Crippen molar-refractivity contribution >= 4 is 28.2 Å². The lowest BCUT2D eigenvalue weighted by Gasteiger charge is -2.11. The molecule has 1 heterocycles. The molecule has 0 saturated carbocycles. The number of rotatable bonds is 5. The molecule has 4 nitrogen and oxygen atoms in total. The van der Waals surface area contributed by atoms with Crippen molar-refractivity contribution in [3.05, 3.63) is 51.4 Å². The third-order valence-electron chi connectivity index (χ3n) is 3.73. The topological polar surface area (TPSA) is 55.4 Å². The van der Waals surface area contributed by atoms with Gasteiger partial charge in [-0.15, -0.1) is 11.3 Å². The molecule has 128 valence electrons. The molecular weight excluding hydrogens is 322 g/mol. The predicted octanol–water partition coefficient (Wildman–Crippen LogP) is 4.74. The molecule has 1 amide bonds. The number of nitrogens with one attached hydrogen (secondary N) is 1. The Labute approximate surface area is 146 Å². The van der Waals surface area contributed by atoms with Crippen molar-refractivity contribution in [2.45, 2.75) is 47.1 Å². The second-order valence-corrected chi connectivity index (χ2v) is 7.14. The first kappa shape index (κ1) is 18.2. The van der Waals surface area contributed by atoms with E-state index in [0.29, 0.717) is 22.5 Å². The zero-order valence-electron chi connectivity index (χ0n) is 14.7. The number of thiophene rings is 1. The number of esters is 1. The van der Waals surface area contributed by atoms with E-state index in [1.165, 1.54) is 11.3 Å². The van der Waals surface area contributed by atoms with Gasteiger partial charge in [0.1, 0.15) is 5.00 Å². The molecule has 0 aliphatic heterocycles. The van der Waals surface area contributed by atoms with Crippen LogP contribution in [0.2, 0.25) is 0 Å². The maximum atomic E-state index is 12.6. The van der Waals surface area contributed by atoms with Crippen LogP contribution in [-0.2, 0) is 11.2 Å². The first-order valence-electron chi connectivity index (χ1n) is 8.05. The fourth-order valence-electron chi connectivity index (χ4n) is 2.58. The quantitative estimate of drug-likeness (QED) is 0.796. The minimum atomic E-state index is -0.383. The smallest absolute Gasteiger partial charge is 0.341 e. The van der Waals surface area contributed by atoms with Crippen LogP contribution in [0.5, 0.6) is 0 Å². The largest absolute Gasteiger partial charge is 0.459 e. The lowest BCUT2D eigenvalue weighted by Crippen LogP contribution is -2.17. The Bertz CT molecular complexity index is 762. The van der Waals surface area contributed by atoms with Crippen LogP contribution in [-0.4, -0.2) is 18.0 Å². The number of anilines is 1. The molecule has 1 aromatic heterocycles. The van der Waals surface area contributed by atoms with Crippen molar-refractivity contribution in [3.63, 3.8) is 0 Å². The van der Waals surface area contributed by atoms with Gasteiger partial charge >= 0.3 is 5.97 Å². The van der Waals surface area contributed by atoms with E-state index in [9.17, 15) is 9.59 Å². The van der Waals surface area contributed by atoms with Gasteiger partial charge in [-0.3, -0.25) is 4.79 Å². The van der Waals surface area contributed by atoms with Gasteiger partial charge in [-0.2, -0.15) is 0 Å². The normalized spacial score (nSPS) is 10.8. The summed E-state index contributed by atoms with van der Waals surface area (Å²) in [6.07, 6.45) is 0.507. The van der Waals surface area contributed by atoms with Crippen molar-refractivity contribution in [3.8, 4) is 0 Å². The first-order valence-corrected chi connectivity index (χ1v) is 8.87. The maximum Gasteiger partial charge on any atom is 0.341 e. The van der Waals surface area contributed by atoms with Crippen molar-refractivity contribution in [2.75, 3.05) is 5.32 Å². The van der Waals surface area contributed by atoms with Crippen molar-refractivity contribution in [1.29, 1.82) is 0 Å². The lowest BCUT2D eigenvalue weighted by atomic mass is 10.1. The van der Waals surface area contributed by atoms with Crippen LogP contribution in [0.3, 0.4) is 0 Å². The molecule has 0 unspecified atom stereocenters. The summed E-state index contributed by atoms with van der Waals surface area (Å²) in [5.41, 5.74) is 2.91. The summed E-state index contributed by atoms with van der Waals surface area (Å²) in [4.78, 5) is 26.1. The summed E-state index contributed by atoms with van der Waals surface area (Å²) in [5.74, 6) is -0.595. The second-order valence-electron chi connectivity index (χ2n) is 5.92. The molecule has 24 heavy (non-hydrogen) atoms. The Morgan fingerprint density at radius 3 is 2.46 bits per heavy atom. The SMILES string of the molecule is CCc1c(C)sc(NC(=O)c2ccccc2C)c1C(=O)OC(C)C. The van der Waals surface area contributed by atoms with E-state index in [4.69, 9.17) is 4.74 Å². The van der Waals surface area contributed by atoms with Crippen LogP contribution in [0.25, 0.3) is 0 Å². The first-order chi connectivity index (χ1) is 11.3. The molecule has 0 spiro atoms. The molecule has 0 radical (unpaired) electrons. The number of hydrogen-bond donors (Lipinski definition) is 1. The van der Waals surface area contributed by atoms with Crippen molar-refractivity contribution in [2.24, 2.45) is 0 Å². The summed E-state index contributed by atoms with van der Waals surface area (Å²) < 4.78 is 5.36. The summed E-state index contributed by atoms with van der Waals surface area (Å²) >= 11 is 1.42. The molecule has 0 fully saturated rings. The van der Waals surface area contributed by atoms with Gasteiger partial charge in [0.05, 0.1) is 11.7 Å². The zero-order chi connectivity index (χ0) is 17.9. The van der Waals surface area contributed by atoms with Crippen molar-refractivity contribution < 1.29 is 14.3 Å². The summed E-state index contributed by atoms with van der Waals surface area (Å²) in [7, 11) is 0. The number of hydrogen-bond acceptors (Lipinski definition) is 4. The average Bonchev–Trinajstić information content (AvgIpc) is 2.82. The van der Waals surface area contributed by atoms with Gasteiger partial charge in [-0.25, -0.2) is 4.79 Å². The van der Waals surface area contributed by atoms with Gasteiger partial charge in [0.15, 0.2) is 0 Å². The van der Waals surface area contributed by atoms with Crippen molar-refractivity contribution in [1.82, 2.24) is 0 Å². The minimum Gasteiger partial charge on any atom is -0.459 e. The summed E-state index contributed by atoms with van der Waals surface area (Å²) in [6.45, 7) is 9.47. The van der Waals surface area contributed by atoms with Crippen LogP contribution in [0.4, 0.5) is 5.00 Å². The number of amides is 1. The zero-order valence-corrected chi connectivity index (χ0v) is 15.5. The molecule has 0 saturated heterocycles. The fourth-order valence-corrected chi connectivity index (χ4v) is 3.71. The second kappa shape index (κ2) is 7.62. The van der Waals surface area contributed by atoms with E-state index in [0.717, 1.165) is 16.0 Å². The van der Waals surface area contributed by atoms with E-state index in [1.807, 2.05) is 52.8 Å². The average molecular weight is 345 g/mol. The van der Waals surface area contributed by atoms with Gasteiger partial charge < -0.3 is 10.1 Å². The Hall–Kier alpha value is -2.14. The van der Waals surface area contributed by atoms with E-state index < -0.39 is 0 Å². The highest BCUT2D eigenvalue weighted by atomic mass is 32.1. The lowest BCUT2D eigenvalue weighted by molar-refractivity contribution is 0.0378. The highest BCUT2D eigenvalue weighted by Crippen LogP contribution is 2.34. The number of carbonyl (C=O) groups is 2. The molecule has 5 heteroatoms. The van der Waals surface area contributed by atoms with E-state index in [1.54, 1.807) is 6.07 Å². The van der Waals surface area contributed by atoms with Gasteiger partial charge in [0.2, 0.25) is 0 Å². The van der Waals surface area contributed by atoms with Crippen LogP contribution in [0.1, 0.15) is 57.5 Å². The monoisotopic (exact) mass is 345 g/mol. The molecule has 0 aliphatic rings. The van der Waals surface area contributed by atoms with Gasteiger partial charge in [0, 0.05) is 10.4 Å². The van der Waals surface area contributed by atoms with Crippen LogP contribution < -0.4 is 5.32 Å². The number of benzene rings is 1. The molecule has 2 rings (SSSR count). The molecule has 0 aliphatic carbocycles. The van der Waals surface area contributed by atoms with Crippen LogP contribution >= 0.6 is 11.3 Å². The van der Waals surface area contributed by atoms with E-state index >= 15 is 0 Å². The predicted molar refractivity (Wildman–Crippen MR) is 98.1 cm³/mol. The molecule has 0 bridgehead atoms. The van der Waals surface area contributed by atoms with Gasteiger partial charge in [0.25, 0.3) is 5.91 Å². The summed E-state index contributed by atoms with van der Waals surface area (Å²) in [5, 5.41) is 3.45. The number of aryl methyl sites for hydroxylation is 2. The molecule has 0 atom stereocenters. The maximum absolute atomic E-state index is 12.6. The summed E-state index contributed by atoms with van der Waals surface area (Å²) in [6, 6.07) is 7.38. The molecule has 1 N–H and O–H groups in total. The highest BCUT2D eigenvalue weighted by molar-refractivity contribution is 7.16. The van der Waals surface area contributed by atoms with Crippen LogP contribution in [0, 0.1) is 13.8 Å². The Morgan fingerprint density at radius 1 is 1.21 bits per heavy atom. The third-order valence-corrected chi connectivity index (χ3v) is 4.79. The molecule has 1 aromatic carbocycles. The van der Waals surface area contributed by atoms with Crippen LogP contribution in [0.15, 0.2) is 24.3 Å². The molecule has 2 aromatic rings. The van der Waals surface area contributed by atoms with Gasteiger partial charge in [-0.05, 0) is 51.3 Å². The Kier molecular flexibility index (Phi) is 5.78. The third kappa shape index (κ3) is 3.85. The number of carbonyl (C=O) groups excluding carboxylic acids is 2. The minimum absolute atomic E-state index is 0.206. The Balaban J connectivity index is 2.38. The highest BCUT2D eigenvalue weighted by Gasteiger charge is 2.24.